The van der Waals surface area contributed by atoms with Crippen molar-refractivity contribution >= 4 is 24.2 Å². The number of imide groups is 1. The van der Waals surface area contributed by atoms with E-state index in [9.17, 15) is 9.59 Å². The fraction of sp³-hybridized carbons (Fsp3) is 0.636. The number of amides is 2. The van der Waals surface area contributed by atoms with E-state index in [4.69, 9.17) is 9.47 Å². The molecule has 158 valence electrons. The molecule has 0 aromatic heterocycles. The van der Waals surface area contributed by atoms with Gasteiger partial charge in [-0.15, -0.1) is 12.4 Å². The summed E-state index contributed by atoms with van der Waals surface area (Å²) in [5, 5.41) is 0. The molecule has 0 radical (unpaired) electrons. The number of likely N-dealkylation sites (tertiary alicyclic amines) is 2. The minimum atomic E-state index is -0.0526. The molecule has 6 nitrogen and oxygen atoms in total. The number of rotatable bonds is 3. The van der Waals surface area contributed by atoms with Gasteiger partial charge >= 0.3 is 0 Å². The van der Waals surface area contributed by atoms with Crippen LogP contribution in [0.1, 0.15) is 38.5 Å². The first-order chi connectivity index (χ1) is 13.7. The van der Waals surface area contributed by atoms with Crippen molar-refractivity contribution in [3.8, 4) is 11.5 Å². The Morgan fingerprint density at radius 1 is 0.931 bits per heavy atom. The van der Waals surface area contributed by atoms with Crippen molar-refractivity contribution < 1.29 is 19.1 Å². The second-order valence-corrected chi connectivity index (χ2v) is 8.60. The Kier molecular flexibility index (Phi) is 6.02. The highest BCUT2D eigenvalue weighted by Crippen LogP contribution is 2.40. The standard InChI is InChI=1S/C22H28N2O4.ClH/c25-21-17-7-1-2-8-18(17)22(26)24(21)15-6-5-11-23(12-15)13-16-14-27-19-9-3-4-10-20(19)28-16;/h3-4,9-10,15-18H,1-2,5-8,11-14H2;1H/t15-,16-,17-,18+;/m0./s1. The lowest BCUT2D eigenvalue weighted by molar-refractivity contribution is -0.144. The van der Waals surface area contributed by atoms with E-state index < -0.39 is 0 Å². The van der Waals surface area contributed by atoms with Gasteiger partial charge in [0.15, 0.2) is 11.5 Å². The third-order valence-electron chi connectivity index (χ3n) is 6.75. The van der Waals surface area contributed by atoms with Gasteiger partial charge in [-0.1, -0.05) is 25.0 Å². The molecule has 4 atom stereocenters. The lowest BCUT2D eigenvalue weighted by Gasteiger charge is -2.39. The first-order valence-electron chi connectivity index (χ1n) is 10.7. The molecule has 2 amide bonds. The number of halogens is 1. The van der Waals surface area contributed by atoms with Crippen LogP contribution in [0.25, 0.3) is 0 Å². The predicted octanol–water partition coefficient (Wildman–Crippen LogP) is 2.89. The Hall–Kier alpha value is -1.79. The number of benzene rings is 1. The number of nitrogens with zero attached hydrogens (tertiary/aromatic N) is 2. The van der Waals surface area contributed by atoms with E-state index in [0.29, 0.717) is 6.61 Å². The first-order valence-corrected chi connectivity index (χ1v) is 10.7. The Bertz CT molecular complexity index is 749. The Morgan fingerprint density at radius 3 is 2.34 bits per heavy atom. The van der Waals surface area contributed by atoms with Crippen molar-refractivity contribution in [2.75, 3.05) is 26.2 Å². The SMILES string of the molecule is Cl.O=C1[C@H]2CCCC[C@H]2C(=O)N1[C@H]1CCCN(C[C@H]2COc3ccccc3O2)C1. The number of hydrogen-bond donors (Lipinski definition) is 0. The normalized spacial score (nSPS) is 31.9. The van der Waals surface area contributed by atoms with Gasteiger partial charge in [-0.25, -0.2) is 0 Å². The van der Waals surface area contributed by atoms with Crippen molar-refractivity contribution in [1.82, 2.24) is 9.80 Å². The summed E-state index contributed by atoms with van der Waals surface area (Å²) in [7, 11) is 0. The van der Waals surface area contributed by atoms with Crippen LogP contribution in [0.4, 0.5) is 0 Å². The van der Waals surface area contributed by atoms with Gasteiger partial charge in [-0.3, -0.25) is 19.4 Å². The molecular weight excluding hydrogens is 392 g/mol. The maximum absolute atomic E-state index is 12.9. The van der Waals surface area contributed by atoms with Crippen molar-refractivity contribution in [2.24, 2.45) is 11.8 Å². The highest BCUT2D eigenvalue weighted by atomic mass is 35.5. The van der Waals surface area contributed by atoms with Gasteiger partial charge in [-0.2, -0.15) is 0 Å². The molecule has 0 bridgehead atoms. The molecule has 0 spiro atoms. The van der Waals surface area contributed by atoms with Crippen LogP contribution in [0, 0.1) is 11.8 Å². The summed E-state index contributed by atoms with van der Waals surface area (Å²) in [6.07, 6.45) is 5.81. The predicted molar refractivity (Wildman–Crippen MR) is 110 cm³/mol. The van der Waals surface area contributed by atoms with Gasteiger partial charge in [0.2, 0.25) is 11.8 Å². The highest BCUT2D eigenvalue weighted by Gasteiger charge is 2.50. The average Bonchev–Trinajstić information content (AvgIpc) is 2.99. The van der Waals surface area contributed by atoms with Crippen LogP contribution < -0.4 is 9.47 Å². The van der Waals surface area contributed by atoms with E-state index in [-0.39, 0.29) is 48.2 Å². The van der Waals surface area contributed by atoms with E-state index >= 15 is 0 Å². The molecule has 1 saturated carbocycles. The summed E-state index contributed by atoms with van der Waals surface area (Å²) in [5.41, 5.74) is 0. The third kappa shape index (κ3) is 3.84. The topological polar surface area (TPSA) is 59.1 Å². The van der Waals surface area contributed by atoms with Crippen LogP contribution in [-0.2, 0) is 9.59 Å². The number of piperidine rings is 1. The fourth-order valence-electron chi connectivity index (χ4n) is 5.40. The van der Waals surface area contributed by atoms with Gasteiger partial charge in [0.05, 0.1) is 17.9 Å². The molecule has 3 aliphatic heterocycles. The molecule has 1 aromatic rings. The molecule has 3 heterocycles. The summed E-state index contributed by atoms with van der Waals surface area (Å²) >= 11 is 0. The third-order valence-corrected chi connectivity index (χ3v) is 6.75. The monoisotopic (exact) mass is 420 g/mol. The maximum atomic E-state index is 12.9. The second-order valence-electron chi connectivity index (χ2n) is 8.60. The maximum Gasteiger partial charge on any atom is 0.233 e. The van der Waals surface area contributed by atoms with Gasteiger partial charge in [0.25, 0.3) is 0 Å². The molecule has 3 fully saturated rings. The fourth-order valence-corrected chi connectivity index (χ4v) is 5.40. The molecule has 7 heteroatoms. The lowest BCUT2D eigenvalue weighted by Crippen LogP contribution is -2.53. The lowest BCUT2D eigenvalue weighted by atomic mass is 9.81. The van der Waals surface area contributed by atoms with Crippen LogP contribution in [0.5, 0.6) is 11.5 Å². The molecular formula is C22H29ClN2O4. The van der Waals surface area contributed by atoms with E-state index in [0.717, 1.165) is 69.7 Å². The van der Waals surface area contributed by atoms with Gasteiger partial charge in [0.1, 0.15) is 12.7 Å². The van der Waals surface area contributed by atoms with Gasteiger partial charge < -0.3 is 9.47 Å². The zero-order valence-corrected chi connectivity index (χ0v) is 17.4. The number of para-hydroxylation sites is 2. The second kappa shape index (κ2) is 8.52. The quantitative estimate of drug-likeness (QED) is 0.704. The minimum absolute atomic E-state index is 0. The van der Waals surface area contributed by atoms with Crippen LogP contribution in [0.15, 0.2) is 24.3 Å². The average molecular weight is 421 g/mol. The summed E-state index contributed by atoms with van der Waals surface area (Å²) < 4.78 is 11.9. The Balaban J connectivity index is 0.00000205. The van der Waals surface area contributed by atoms with Crippen molar-refractivity contribution in [1.29, 1.82) is 0 Å². The van der Waals surface area contributed by atoms with E-state index in [1.807, 2.05) is 24.3 Å². The number of ether oxygens (including phenoxy) is 2. The summed E-state index contributed by atoms with van der Waals surface area (Å²) in [6, 6.07) is 7.76. The molecule has 1 aliphatic carbocycles. The van der Waals surface area contributed by atoms with Crippen LogP contribution in [0.3, 0.4) is 0 Å². The zero-order valence-electron chi connectivity index (χ0n) is 16.6. The van der Waals surface area contributed by atoms with Crippen molar-refractivity contribution in [2.45, 2.75) is 50.7 Å². The van der Waals surface area contributed by atoms with Crippen molar-refractivity contribution in [3.63, 3.8) is 0 Å². The summed E-state index contributed by atoms with van der Waals surface area (Å²) in [6.45, 7) is 3.01. The smallest absolute Gasteiger partial charge is 0.233 e. The Morgan fingerprint density at radius 2 is 1.62 bits per heavy atom. The summed E-state index contributed by atoms with van der Waals surface area (Å²) in [4.78, 5) is 29.8. The van der Waals surface area contributed by atoms with Crippen molar-refractivity contribution in [3.05, 3.63) is 24.3 Å². The Labute approximate surface area is 177 Å². The summed E-state index contributed by atoms with van der Waals surface area (Å²) in [5.74, 6) is 1.67. The minimum Gasteiger partial charge on any atom is -0.486 e. The molecule has 4 aliphatic rings. The zero-order chi connectivity index (χ0) is 19.1. The molecule has 2 saturated heterocycles. The first kappa shape index (κ1) is 20.5. The van der Waals surface area contributed by atoms with Gasteiger partial charge in [-0.05, 0) is 44.4 Å². The molecule has 0 N–H and O–H groups in total. The number of carbonyl (C=O) groups excluding carboxylic acids is 2. The number of hydrogen-bond acceptors (Lipinski definition) is 5. The number of fused-ring (bicyclic) bond motifs is 2. The van der Waals surface area contributed by atoms with E-state index in [1.165, 1.54) is 0 Å². The molecule has 0 unspecified atom stereocenters. The molecule has 29 heavy (non-hydrogen) atoms. The largest absolute Gasteiger partial charge is 0.486 e. The van der Waals surface area contributed by atoms with E-state index in [1.54, 1.807) is 4.90 Å². The van der Waals surface area contributed by atoms with E-state index in [2.05, 4.69) is 4.90 Å². The van der Waals surface area contributed by atoms with Crippen LogP contribution in [0.2, 0.25) is 0 Å². The van der Waals surface area contributed by atoms with Gasteiger partial charge in [0, 0.05) is 13.1 Å². The van der Waals surface area contributed by atoms with Crippen LogP contribution >= 0.6 is 12.4 Å². The molecule has 1 aromatic carbocycles. The number of carbonyl (C=O) groups is 2. The van der Waals surface area contributed by atoms with Crippen LogP contribution in [-0.4, -0.2) is 60.0 Å². The highest BCUT2D eigenvalue weighted by molar-refractivity contribution is 6.05. The molecule has 5 rings (SSSR count).